The quantitative estimate of drug-likeness (QED) is 0.0804. The Bertz CT molecular complexity index is 4300. The van der Waals surface area contributed by atoms with Gasteiger partial charge in [-0.25, -0.2) is 39.5 Å². The number of nitrogen functional groups attached to an aromatic ring is 2. The lowest BCUT2D eigenvalue weighted by Crippen LogP contribution is -2.44. The second kappa shape index (κ2) is 29.0. The minimum atomic E-state index is -0.981. The van der Waals surface area contributed by atoms with E-state index < -0.39 is 28.9 Å². The molecular weight excluding hydrogens is 1200 g/mol. The highest BCUT2D eigenvalue weighted by Gasteiger charge is 2.35. The normalized spacial score (nSPS) is 13.8. The predicted molar refractivity (Wildman–Crippen MR) is 356 cm³/mol. The molecule has 9 heterocycles. The number of anilines is 9. The first kappa shape index (κ1) is 67.3. The van der Waals surface area contributed by atoms with Gasteiger partial charge in [-0.05, 0) is 134 Å². The van der Waals surface area contributed by atoms with E-state index in [0.29, 0.717) is 127 Å². The molecule has 8 aromatic rings. The highest BCUT2D eigenvalue weighted by molar-refractivity contribution is 6.09. The lowest BCUT2D eigenvalue weighted by Gasteiger charge is -2.28. The van der Waals surface area contributed by atoms with Crippen molar-refractivity contribution in [3.63, 3.8) is 0 Å². The molecule has 0 atom stereocenters. The SMILES string of the molecule is Cc1cc(Nc2cc(N(C(=O)OC(C)(C)C)C(=O)OC(C)(C)C)ncn2)c(=O)n2c1C(=O)N(Cc1ccccc1)CCC2.Cc1cc(Nc2cc(N)ncn2)c(=O)n2c1C(=O)CCCC2.Cc1cc(Nc2cc(N)ncn2)c(=O)n2c1C(=O)N(Cc1ccccc1)CCC2. The monoisotopic (exact) mass is 1280 g/mol. The number of nitrogens with two attached hydrogens (primary N) is 2. The van der Waals surface area contributed by atoms with Crippen LogP contribution in [0.5, 0.6) is 0 Å². The van der Waals surface area contributed by atoms with Gasteiger partial charge in [-0.15, -0.1) is 0 Å². The van der Waals surface area contributed by atoms with Crippen molar-refractivity contribution >= 4 is 81.8 Å². The van der Waals surface area contributed by atoms with Crippen LogP contribution in [0.3, 0.4) is 0 Å². The van der Waals surface area contributed by atoms with Gasteiger partial charge in [-0.2, -0.15) is 4.90 Å². The molecule has 0 unspecified atom stereocenters. The Kier molecular flexibility index (Phi) is 20.8. The summed E-state index contributed by atoms with van der Waals surface area (Å²) < 4.78 is 15.5. The van der Waals surface area contributed by atoms with Crippen molar-refractivity contribution in [3.8, 4) is 0 Å². The number of fused-ring (bicyclic) bond motifs is 3. The number of carbonyl (C=O) groups is 5. The van der Waals surface area contributed by atoms with Crippen LogP contribution in [-0.4, -0.2) is 107 Å². The van der Waals surface area contributed by atoms with Gasteiger partial charge in [0.1, 0.15) is 87.7 Å². The first-order valence-electron chi connectivity index (χ1n) is 30.7. The van der Waals surface area contributed by atoms with Gasteiger partial charge in [-0.3, -0.25) is 28.8 Å². The molecule has 94 heavy (non-hydrogen) atoms. The number of benzene rings is 2. The summed E-state index contributed by atoms with van der Waals surface area (Å²) in [7, 11) is 0. The number of aromatic nitrogens is 9. The maximum atomic E-state index is 13.6. The Morgan fingerprint density at radius 3 is 1.26 bits per heavy atom. The Labute approximate surface area is 542 Å². The summed E-state index contributed by atoms with van der Waals surface area (Å²) in [6.07, 6.45) is 5.28. The molecule has 0 fully saturated rings. The number of hydrogen-bond acceptors (Lipinski definition) is 21. The molecule has 7 N–H and O–H groups in total. The van der Waals surface area contributed by atoms with E-state index >= 15 is 0 Å². The van der Waals surface area contributed by atoms with E-state index in [9.17, 15) is 38.4 Å². The van der Waals surface area contributed by atoms with Crippen LogP contribution in [0.25, 0.3) is 0 Å². The van der Waals surface area contributed by atoms with E-state index in [2.05, 4.69) is 45.9 Å². The maximum absolute atomic E-state index is 13.6. The van der Waals surface area contributed by atoms with E-state index in [-0.39, 0.29) is 46.0 Å². The number of nitrogens with zero attached hydrogens (tertiary/aromatic N) is 12. The van der Waals surface area contributed by atoms with Crippen molar-refractivity contribution in [2.45, 2.75) is 138 Å². The van der Waals surface area contributed by atoms with Crippen LogP contribution in [-0.2, 0) is 42.2 Å². The highest BCUT2D eigenvalue weighted by Crippen LogP contribution is 2.27. The van der Waals surface area contributed by atoms with E-state index in [1.165, 1.54) is 23.3 Å². The van der Waals surface area contributed by atoms with Crippen LogP contribution < -0.4 is 49.0 Å². The molecule has 0 radical (unpaired) electrons. The van der Waals surface area contributed by atoms with Gasteiger partial charge in [0.05, 0.1) is 5.69 Å². The first-order chi connectivity index (χ1) is 44.7. The Balaban J connectivity index is 0.000000176. The summed E-state index contributed by atoms with van der Waals surface area (Å²) in [6, 6.07) is 29.0. The van der Waals surface area contributed by atoms with Crippen LogP contribution in [0.1, 0.15) is 133 Å². The van der Waals surface area contributed by atoms with Crippen molar-refractivity contribution in [3.05, 3.63) is 192 Å². The Morgan fingerprint density at radius 2 is 0.851 bits per heavy atom. The summed E-state index contributed by atoms with van der Waals surface area (Å²) in [4.78, 5) is 133. The maximum Gasteiger partial charge on any atom is 0.425 e. The number of imide groups is 1. The Hall–Kier alpha value is -11.1. The number of carbonyl (C=O) groups excluding carboxylic acids is 5. The fourth-order valence-corrected chi connectivity index (χ4v) is 10.9. The number of nitrogens with one attached hydrogen (secondary N) is 3. The molecule has 0 bridgehead atoms. The van der Waals surface area contributed by atoms with Gasteiger partial charge in [0.15, 0.2) is 11.6 Å². The minimum Gasteiger partial charge on any atom is -0.443 e. The van der Waals surface area contributed by atoms with Gasteiger partial charge >= 0.3 is 12.2 Å². The van der Waals surface area contributed by atoms with Crippen LogP contribution in [0.4, 0.5) is 61.6 Å². The number of rotatable bonds is 11. The van der Waals surface area contributed by atoms with Crippen molar-refractivity contribution in [2.75, 3.05) is 45.4 Å². The van der Waals surface area contributed by atoms with Crippen molar-refractivity contribution in [1.82, 2.24) is 53.4 Å². The zero-order valence-corrected chi connectivity index (χ0v) is 54.1. The molecule has 0 saturated carbocycles. The molecule has 490 valence electrons. The van der Waals surface area contributed by atoms with E-state index in [0.717, 1.165) is 41.4 Å². The standard InChI is InChI=1S/C31H38N6O6.C21H22N6O2.C15H17N5O2/c1-20-16-22(26(38)36-15-11-14-35(27(39)25(20)36)18-21-12-9-8-10-13-21)34-23-17-24(33-19-32-23)37(28(40)42-30(2,3)4)29(41)43-31(5,6)7;1-14-10-16(25-18-11-17(22)23-13-24-18)20(28)27-9-5-8-26(21(29)19(14)27)12-15-6-3-2-4-7-15;1-9-6-10(19-13-7-12(16)17-8-18-13)15(22)20-5-3-2-4-11(21)14(9)20/h8-10,12-13,16-17,19H,11,14-15,18H2,1-7H3,(H,32,33,34);2-4,6-7,10-11,13H,5,8-9,12H2,1H3,(H3,22,23,24,25);6-8H,2-5H2,1H3,(H3,16,17,18,19). The molecule has 0 aliphatic carbocycles. The third-order valence-electron chi connectivity index (χ3n) is 15.0. The van der Waals surface area contributed by atoms with Crippen LogP contribution >= 0.6 is 0 Å². The smallest absolute Gasteiger partial charge is 0.425 e. The van der Waals surface area contributed by atoms with E-state index in [4.69, 9.17) is 20.9 Å². The molecule has 27 heteroatoms. The lowest BCUT2D eigenvalue weighted by molar-refractivity contribution is 0.0427. The van der Waals surface area contributed by atoms with Gasteiger partial charge in [-0.1, -0.05) is 60.7 Å². The van der Waals surface area contributed by atoms with Crippen molar-refractivity contribution in [2.24, 2.45) is 0 Å². The molecule has 3 aliphatic rings. The molecule has 0 saturated heterocycles. The first-order valence-corrected chi connectivity index (χ1v) is 30.7. The predicted octanol–water partition coefficient (Wildman–Crippen LogP) is 9.37. The van der Waals surface area contributed by atoms with Gasteiger partial charge < -0.3 is 60.4 Å². The zero-order valence-electron chi connectivity index (χ0n) is 54.1. The fourth-order valence-electron chi connectivity index (χ4n) is 10.9. The summed E-state index contributed by atoms with van der Waals surface area (Å²) in [5.41, 5.74) is 15.1. The lowest BCUT2D eigenvalue weighted by atomic mass is 10.1. The number of pyridine rings is 3. The number of Topliss-reactive ketones (excluding diaryl/α,β-unsaturated/α-hetero) is 1. The molecule has 0 spiro atoms. The highest BCUT2D eigenvalue weighted by atomic mass is 16.6. The molecule has 27 nitrogen and oxygen atoms in total. The molecular formula is C67H77N17O10. The zero-order chi connectivity index (χ0) is 67.6. The topological polar surface area (TPSA) is 345 Å². The minimum absolute atomic E-state index is 0.0323. The fraction of sp³-hybridized carbons (Fsp3) is 0.343. The number of aryl methyl sites for hydroxylation is 3. The van der Waals surface area contributed by atoms with E-state index in [1.54, 1.807) is 97.7 Å². The van der Waals surface area contributed by atoms with Crippen molar-refractivity contribution in [1.29, 1.82) is 0 Å². The number of ether oxygens (including phenoxy) is 2. The summed E-state index contributed by atoms with van der Waals surface area (Å²) in [5.74, 6) is 1.23. The second-order valence-electron chi connectivity index (χ2n) is 24.7. The van der Waals surface area contributed by atoms with Gasteiger partial charge in [0.2, 0.25) is 0 Å². The summed E-state index contributed by atoms with van der Waals surface area (Å²) in [6.45, 7) is 19.0. The molecule has 11 rings (SSSR count). The van der Waals surface area contributed by atoms with Crippen molar-refractivity contribution < 1.29 is 33.4 Å². The summed E-state index contributed by atoms with van der Waals surface area (Å²) in [5, 5.41) is 8.94. The van der Waals surface area contributed by atoms with E-state index in [1.807, 2.05) is 74.5 Å². The van der Waals surface area contributed by atoms with Gasteiger partial charge in [0.25, 0.3) is 28.5 Å². The average molecular weight is 1280 g/mol. The molecule has 4 amide bonds. The average Bonchev–Trinajstić information content (AvgIpc) is 1.37. The number of ketones is 1. The molecule has 3 aliphatic heterocycles. The largest absolute Gasteiger partial charge is 0.443 e. The van der Waals surface area contributed by atoms with Crippen LogP contribution in [0.2, 0.25) is 0 Å². The number of amides is 4. The van der Waals surface area contributed by atoms with Crippen LogP contribution in [0.15, 0.2) is 130 Å². The Morgan fingerprint density at radius 1 is 0.479 bits per heavy atom. The summed E-state index contributed by atoms with van der Waals surface area (Å²) >= 11 is 0. The third-order valence-corrected chi connectivity index (χ3v) is 15.0. The second-order valence-corrected chi connectivity index (χ2v) is 24.7. The number of hydrogen-bond donors (Lipinski definition) is 5. The molecule has 6 aromatic heterocycles. The molecule has 2 aromatic carbocycles. The van der Waals surface area contributed by atoms with Crippen LogP contribution in [0, 0.1) is 20.8 Å². The van der Waals surface area contributed by atoms with Gasteiger partial charge in [0, 0.05) is 70.4 Å². The third kappa shape index (κ3) is 16.7.